The lowest BCUT2D eigenvalue weighted by Crippen LogP contribution is -2.34. The number of sulfonamides is 1. The molecule has 0 fully saturated rings. The van der Waals surface area contributed by atoms with E-state index < -0.39 is 10.0 Å². The molecule has 0 aliphatic heterocycles. The smallest absolute Gasteiger partial charge is 0.242 e. The molecule has 1 rings (SSSR count). The molecule has 0 spiro atoms. The highest BCUT2D eigenvalue weighted by Crippen LogP contribution is 2.21. The molecule has 5 heteroatoms. The first-order valence-corrected chi connectivity index (χ1v) is 8.38. The van der Waals surface area contributed by atoms with Crippen LogP contribution in [0, 0.1) is 0 Å². The molecule has 0 atom stereocenters. The predicted molar refractivity (Wildman–Crippen MR) is 79.9 cm³/mol. The van der Waals surface area contributed by atoms with Crippen LogP contribution in [-0.4, -0.2) is 21.0 Å². The molecule has 0 aliphatic rings. The molecule has 0 saturated heterocycles. The van der Waals surface area contributed by atoms with Gasteiger partial charge in [0.25, 0.3) is 0 Å². The van der Waals surface area contributed by atoms with E-state index >= 15 is 0 Å². The number of hydrogen-bond donors (Lipinski definition) is 2. The molecule has 0 heterocycles. The van der Waals surface area contributed by atoms with Gasteiger partial charge in [0.05, 0.1) is 5.69 Å². The molecule has 1 aromatic carbocycles. The van der Waals surface area contributed by atoms with Gasteiger partial charge in [-0.3, -0.25) is 0 Å². The Kier molecular flexibility index (Phi) is 6.31. The molecule has 0 bridgehead atoms. The maximum absolute atomic E-state index is 12.4. The van der Waals surface area contributed by atoms with Crippen LogP contribution in [0.4, 0.5) is 5.69 Å². The topological polar surface area (TPSA) is 58.2 Å². The van der Waals surface area contributed by atoms with Crippen LogP contribution in [-0.2, 0) is 10.0 Å². The van der Waals surface area contributed by atoms with Crippen molar-refractivity contribution >= 4 is 15.7 Å². The molecule has 4 nitrogen and oxygen atoms in total. The van der Waals surface area contributed by atoms with Crippen LogP contribution in [0.25, 0.3) is 0 Å². The summed E-state index contributed by atoms with van der Waals surface area (Å²) in [4.78, 5) is 0.329. The number of benzene rings is 1. The van der Waals surface area contributed by atoms with E-state index in [1.54, 1.807) is 18.2 Å². The van der Waals surface area contributed by atoms with E-state index in [9.17, 15) is 8.42 Å². The van der Waals surface area contributed by atoms with Crippen LogP contribution in [0.5, 0.6) is 0 Å². The fourth-order valence-electron chi connectivity index (χ4n) is 1.84. The van der Waals surface area contributed by atoms with Crippen molar-refractivity contribution in [1.29, 1.82) is 0 Å². The first-order valence-electron chi connectivity index (χ1n) is 6.90. The van der Waals surface area contributed by atoms with Gasteiger partial charge in [0.2, 0.25) is 10.0 Å². The number of para-hydroxylation sites is 1. The minimum atomic E-state index is -3.46. The van der Waals surface area contributed by atoms with Gasteiger partial charge in [0.1, 0.15) is 4.90 Å². The molecule has 1 aromatic rings. The van der Waals surface area contributed by atoms with E-state index in [4.69, 9.17) is 0 Å². The second-order valence-electron chi connectivity index (χ2n) is 4.56. The zero-order chi connectivity index (χ0) is 14.3. The van der Waals surface area contributed by atoms with Crippen molar-refractivity contribution in [3.8, 4) is 0 Å². The van der Waals surface area contributed by atoms with Gasteiger partial charge in [0, 0.05) is 12.6 Å². The lowest BCUT2D eigenvalue weighted by atomic mass is 10.2. The number of rotatable bonds is 8. The Morgan fingerprint density at radius 3 is 2.32 bits per heavy atom. The lowest BCUT2D eigenvalue weighted by Gasteiger charge is -2.17. The second-order valence-corrected chi connectivity index (χ2v) is 6.24. The van der Waals surface area contributed by atoms with Gasteiger partial charge in [-0.05, 0) is 31.4 Å². The average Bonchev–Trinajstić information content (AvgIpc) is 2.42. The fraction of sp³-hybridized carbons (Fsp3) is 0.571. The summed E-state index contributed by atoms with van der Waals surface area (Å²) in [7, 11) is -3.46. The van der Waals surface area contributed by atoms with Crippen LogP contribution in [0.15, 0.2) is 29.2 Å². The Bertz CT molecular complexity index is 482. The summed E-state index contributed by atoms with van der Waals surface area (Å²) in [6.07, 6.45) is 2.54. The molecule has 0 aliphatic carbocycles. The second kappa shape index (κ2) is 7.50. The first-order chi connectivity index (χ1) is 9.05. The molecule has 0 amide bonds. The third kappa shape index (κ3) is 4.51. The lowest BCUT2D eigenvalue weighted by molar-refractivity contribution is 0.530. The van der Waals surface area contributed by atoms with Crippen molar-refractivity contribution in [2.45, 2.75) is 51.0 Å². The van der Waals surface area contributed by atoms with Crippen LogP contribution in [0.2, 0.25) is 0 Å². The Hall–Kier alpha value is -1.07. The quantitative estimate of drug-likeness (QED) is 0.771. The highest BCUT2D eigenvalue weighted by molar-refractivity contribution is 7.89. The molecule has 19 heavy (non-hydrogen) atoms. The van der Waals surface area contributed by atoms with E-state index in [1.165, 1.54) is 0 Å². The van der Waals surface area contributed by atoms with Crippen LogP contribution >= 0.6 is 0 Å². The highest BCUT2D eigenvalue weighted by Gasteiger charge is 2.20. The third-order valence-electron chi connectivity index (χ3n) is 3.05. The number of nitrogens with one attached hydrogen (secondary N) is 2. The van der Waals surface area contributed by atoms with Gasteiger partial charge in [-0.1, -0.05) is 32.9 Å². The van der Waals surface area contributed by atoms with E-state index in [1.807, 2.05) is 26.8 Å². The van der Waals surface area contributed by atoms with Gasteiger partial charge in [-0.2, -0.15) is 0 Å². The normalized spacial score (nSPS) is 11.8. The van der Waals surface area contributed by atoms with Crippen molar-refractivity contribution < 1.29 is 8.42 Å². The SMILES string of the molecule is CCCNc1ccccc1S(=O)(=O)NC(CC)CC. The van der Waals surface area contributed by atoms with Crippen molar-refractivity contribution in [1.82, 2.24) is 4.72 Å². The van der Waals surface area contributed by atoms with Crippen LogP contribution in [0.1, 0.15) is 40.0 Å². The minimum Gasteiger partial charge on any atom is -0.384 e. The van der Waals surface area contributed by atoms with Crippen molar-refractivity contribution in [3.05, 3.63) is 24.3 Å². The van der Waals surface area contributed by atoms with E-state index in [2.05, 4.69) is 10.0 Å². The van der Waals surface area contributed by atoms with Gasteiger partial charge in [0.15, 0.2) is 0 Å². The average molecular weight is 284 g/mol. The van der Waals surface area contributed by atoms with Gasteiger partial charge < -0.3 is 5.32 Å². The fourth-order valence-corrected chi connectivity index (χ4v) is 3.43. The van der Waals surface area contributed by atoms with E-state index in [0.29, 0.717) is 10.6 Å². The van der Waals surface area contributed by atoms with Crippen molar-refractivity contribution in [3.63, 3.8) is 0 Å². The summed E-state index contributed by atoms with van der Waals surface area (Å²) in [6, 6.07) is 7.02. The summed E-state index contributed by atoms with van der Waals surface area (Å²) in [5.41, 5.74) is 0.669. The minimum absolute atomic E-state index is 0.00997. The number of hydrogen-bond acceptors (Lipinski definition) is 3. The molecule has 2 N–H and O–H groups in total. The van der Waals surface area contributed by atoms with E-state index in [-0.39, 0.29) is 6.04 Å². The summed E-state index contributed by atoms with van der Waals surface area (Å²) >= 11 is 0. The standard InChI is InChI=1S/C14H24N2O2S/c1-4-11-15-13-9-7-8-10-14(13)19(17,18)16-12(5-2)6-3/h7-10,12,15-16H,4-6,11H2,1-3H3. The molecular weight excluding hydrogens is 260 g/mol. The molecule has 108 valence electrons. The molecule has 0 radical (unpaired) electrons. The summed E-state index contributed by atoms with van der Waals surface area (Å²) in [5, 5.41) is 3.16. The Morgan fingerprint density at radius 2 is 1.74 bits per heavy atom. The van der Waals surface area contributed by atoms with E-state index in [0.717, 1.165) is 25.8 Å². The van der Waals surface area contributed by atoms with Crippen LogP contribution < -0.4 is 10.0 Å². The molecule has 0 saturated carbocycles. The molecule has 0 unspecified atom stereocenters. The van der Waals surface area contributed by atoms with Gasteiger partial charge >= 0.3 is 0 Å². The monoisotopic (exact) mass is 284 g/mol. The van der Waals surface area contributed by atoms with Crippen LogP contribution in [0.3, 0.4) is 0 Å². The summed E-state index contributed by atoms with van der Waals surface area (Å²) < 4.78 is 27.5. The first kappa shape index (κ1) is 16.0. The Morgan fingerprint density at radius 1 is 1.11 bits per heavy atom. The zero-order valence-electron chi connectivity index (χ0n) is 11.9. The zero-order valence-corrected chi connectivity index (χ0v) is 12.8. The van der Waals surface area contributed by atoms with Gasteiger partial charge in [-0.15, -0.1) is 0 Å². The maximum Gasteiger partial charge on any atom is 0.242 e. The van der Waals surface area contributed by atoms with Crippen molar-refractivity contribution in [2.75, 3.05) is 11.9 Å². The number of anilines is 1. The predicted octanol–water partition coefficient (Wildman–Crippen LogP) is 2.98. The largest absolute Gasteiger partial charge is 0.384 e. The Labute approximate surface area is 116 Å². The highest BCUT2D eigenvalue weighted by atomic mass is 32.2. The van der Waals surface area contributed by atoms with Crippen molar-refractivity contribution in [2.24, 2.45) is 0 Å². The third-order valence-corrected chi connectivity index (χ3v) is 4.63. The summed E-state index contributed by atoms with van der Waals surface area (Å²) in [6.45, 7) is 6.78. The molecular formula is C14H24N2O2S. The molecule has 0 aromatic heterocycles. The summed E-state index contributed by atoms with van der Waals surface area (Å²) in [5.74, 6) is 0. The maximum atomic E-state index is 12.4. The van der Waals surface area contributed by atoms with Gasteiger partial charge in [-0.25, -0.2) is 13.1 Å². The Balaban J connectivity index is 3.00.